The molecule has 0 spiro atoms. The predicted octanol–water partition coefficient (Wildman–Crippen LogP) is 5.17. The number of nitrogens with zero attached hydrogens (tertiary/aromatic N) is 2. The number of aromatic nitrogens is 2. The molecule has 1 aromatic heterocycles. The summed E-state index contributed by atoms with van der Waals surface area (Å²) >= 11 is 0. The van der Waals surface area contributed by atoms with Gasteiger partial charge in [-0.2, -0.15) is 13.2 Å². The Morgan fingerprint density at radius 3 is 2.38 bits per heavy atom. The summed E-state index contributed by atoms with van der Waals surface area (Å²) in [7, 11) is 1.93. The van der Waals surface area contributed by atoms with E-state index in [0.29, 0.717) is 11.1 Å². The highest BCUT2D eigenvalue weighted by Crippen LogP contribution is 2.40. The van der Waals surface area contributed by atoms with E-state index in [2.05, 4.69) is 4.98 Å². The van der Waals surface area contributed by atoms with Crippen molar-refractivity contribution in [2.24, 2.45) is 12.5 Å². The highest BCUT2D eigenvalue weighted by atomic mass is 19.4. The Kier molecular flexibility index (Phi) is 4.51. The first-order valence-electron chi connectivity index (χ1n) is 8.50. The molecule has 0 saturated carbocycles. The molecule has 2 nitrogen and oxygen atoms in total. The lowest BCUT2D eigenvalue weighted by molar-refractivity contribution is -0.662. The first kappa shape index (κ1) is 18.4. The molecular formula is C21H22F3N2+. The summed E-state index contributed by atoms with van der Waals surface area (Å²) < 4.78 is 41.5. The summed E-state index contributed by atoms with van der Waals surface area (Å²) in [5.41, 5.74) is 2.80. The molecule has 0 aliphatic heterocycles. The van der Waals surface area contributed by atoms with Crippen LogP contribution in [0.1, 0.15) is 25.0 Å². The minimum atomic E-state index is -4.25. The molecule has 1 heterocycles. The van der Waals surface area contributed by atoms with Gasteiger partial charge in [0.15, 0.2) is 5.52 Å². The average Bonchev–Trinajstić information content (AvgIpc) is 2.54. The van der Waals surface area contributed by atoms with Gasteiger partial charge in [0.2, 0.25) is 0 Å². The van der Waals surface area contributed by atoms with Crippen LogP contribution in [0.5, 0.6) is 0 Å². The molecule has 0 saturated heterocycles. The fourth-order valence-corrected chi connectivity index (χ4v) is 3.17. The van der Waals surface area contributed by atoms with Gasteiger partial charge in [0.25, 0.3) is 6.33 Å². The molecule has 2 aromatic carbocycles. The first-order valence-corrected chi connectivity index (χ1v) is 8.50. The Hall–Kier alpha value is -2.43. The van der Waals surface area contributed by atoms with Gasteiger partial charge >= 0.3 is 6.18 Å². The highest BCUT2D eigenvalue weighted by molar-refractivity contribution is 5.91. The third-order valence-corrected chi connectivity index (χ3v) is 4.85. The number of fused-ring (bicyclic) bond motifs is 1. The molecule has 0 N–H and O–H groups in total. The maximum absolute atomic E-state index is 13.2. The number of benzene rings is 2. The number of halogens is 3. The van der Waals surface area contributed by atoms with Crippen LogP contribution in [0.3, 0.4) is 0 Å². The van der Waals surface area contributed by atoms with Crippen LogP contribution in [0.15, 0.2) is 48.8 Å². The van der Waals surface area contributed by atoms with Crippen molar-refractivity contribution in [3.8, 4) is 11.3 Å². The molecule has 3 rings (SSSR count). The summed E-state index contributed by atoms with van der Waals surface area (Å²) in [6.45, 7) is 4.50. The van der Waals surface area contributed by atoms with Gasteiger partial charge in [-0.15, -0.1) is 0 Å². The summed E-state index contributed by atoms with van der Waals surface area (Å²) in [5, 5.41) is 0.929. The zero-order valence-corrected chi connectivity index (χ0v) is 15.4. The zero-order chi connectivity index (χ0) is 19.1. The van der Waals surface area contributed by atoms with Crippen LogP contribution < -0.4 is 4.57 Å². The van der Waals surface area contributed by atoms with Crippen molar-refractivity contribution in [3.63, 3.8) is 0 Å². The Bertz CT molecular complexity index is 959. The standard InChI is InChI=1S/C21H22F3N2/c1-14-7-5-6-8-16(14)19-17-10-9-15(11-18(17)25-13-26(19)4)12-20(2,3)21(22,23)24/h5-11,13H,12H2,1-4H3/q+1. The van der Waals surface area contributed by atoms with E-state index in [4.69, 9.17) is 0 Å². The van der Waals surface area contributed by atoms with E-state index in [0.717, 1.165) is 22.2 Å². The van der Waals surface area contributed by atoms with E-state index in [9.17, 15) is 13.2 Å². The topological polar surface area (TPSA) is 16.8 Å². The van der Waals surface area contributed by atoms with Crippen LogP contribution in [-0.4, -0.2) is 11.2 Å². The number of alkyl halides is 3. The van der Waals surface area contributed by atoms with Gasteiger partial charge in [0.1, 0.15) is 5.69 Å². The lowest BCUT2D eigenvalue weighted by Crippen LogP contribution is -2.34. The van der Waals surface area contributed by atoms with Crippen LogP contribution in [-0.2, 0) is 13.5 Å². The molecular weight excluding hydrogens is 337 g/mol. The second-order valence-electron chi connectivity index (χ2n) is 7.43. The van der Waals surface area contributed by atoms with Crippen LogP contribution in [0.25, 0.3) is 22.2 Å². The van der Waals surface area contributed by atoms with Crippen molar-refractivity contribution in [1.29, 1.82) is 0 Å². The minimum absolute atomic E-state index is 0.0746. The van der Waals surface area contributed by atoms with Crippen molar-refractivity contribution in [3.05, 3.63) is 59.9 Å². The molecule has 0 atom stereocenters. The van der Waals surface area contributed by atoms with Gasteiger partial charge in [-0.1, -0.05) is 44.2 Å². The maximum atomic E-state index is 13.2. The molecule has 0 aliphatic rings. The molecule has 0 fully saturated rings. The molecule has 26 heavy (non-hydrogen) atoms. The molecule has 0 aliphatic carbocycles. The Balaban J connectivity index is 2.11. The maximum Gasteiger partial charge on any atom is 0.394 e. The van der Waals surface area contributed by atoms with Crippen molar-refractivity contribution in [2.75, 3.05) is 0 Å². The summed E-state index contributed by atoms with van der Waals surface area (Å²) in [6, 6.07) is 13.5. The fourth-order valence-electron chi connectivity index (χ4n) is 3.17. The zero-order valence-electron chi connectivity index (χ0n) is 15.4. The van der Waals surface area contributed by atoms with Crippen LogP contribution in [0, 0.1) is 12.3 Å². The highest BCUT2D eigenvalue weighted by Gasteiger charge is 2.47. The lowest BCUT2D eigenvalue weighted by Gasteiger charge is -2.27. The molecule has 3 aromatic rings. The molecule has 0 unspecified atom stereocenters. The Morgan fingerprint density at radius 1 is 1.04 bits per heavy atom. The first-order chi connectivity index (χ1) is 12.1. The summed E-state index contributed by atoms with van der Waals surface area (Å²) in [5.74, 6) is 0. The van der Waals surface area contributed by atoms with Crippen molar-refractivity contribution < 1.29 is 17.7 Å². The summed E-state index contributed by atoms with van der Waals surface area (Å²) in [6.07, 6.45) is -2.61. The largest absolute Gasteiger partial charge is 0.394 e. The smallest absolute Gasteiger partial charge is 0.232 e. The van der Waals surface area contributed by atoms with E-state index in [1.807, 2.05) is 48.9 Å². The molecule has 0 amide bonds. The summed E-state index contributed by atoms with van der Waals surface area (Å²) in [4.78, 5) is 4.43. The van der Waals surface area contributed by atoms with E-state index < -0.39 is 11.6 Å². The molecule has 5 heteroatoms. The fraction of sp³-hybridized carbons (Fsp3) is 0.333. The third-order valence-electron chi connectivity index (χ3n) is 4.85. The monoisotopic (exact) mass is 359 g/mol. The van der Waals surface area contributed by atoms with E-state index in [1.165, 1.54) is 13.8 Å². The molecule has 0 radical (unpaired) electrons. The van der Waals surface area contributed by atoms with Crippen LogP contribution in [0.4, 0.5) is 13.2 Å². The normalized spacial score (nSPS) is 12.6. The number of rotatable bonds is 3. The number of aryl methyl sites for hydroxylation is 2. The van der Waals surface area contributed by atoms with Crippen molar-refractivity contribution >= 4 is 10.9 Å². The van der Waals surface area contributed by atoms with Crippen LogP contribution >= 0.6 is 0 Å². The lowest BCUT2D eigenvalue weighted by atomic mass is 9.84. The number of hydrogen-bond acceptors (Lipinski definition) is 1. The second-order valence-corrected chi connectivity index (χ2v) is 7.43. The van der Waals surface area contributed by atoms with Gasteiger partial charge in [0.05, 0.1) is 17.8 Å². The second kappa shape index (κ2) is 6.38. The van der Waals surface area contributed by atoms with Crippen LogP contribution in [0.2, 0.25) is 0 Å². The van der Waals surface area contributed by atoms with Gasteiger partial charge in [-0.3, -0.25) is 0 Å². The van der Waals surface area contributed by atoms with E-state index >= 15 is 0 Å². The Labute approximate surface area is 151 Å². The predicted molar refractivity (Wildman–Crippen MR) is 96.6 cm³/mol. The molecule has 136 valence electrons. The van der Waals surface area contributed by atoms with E-state index in [1.54, 1.807) is 18.5 Å². The molecule has 0 bridgehead atoms. The minimum Gasteiger partial charge on any atom is -0.232 e. The quantitative estimate of drug-likeness (QED) is 0.590. The van der Waals surface area contributed by atoms with Crippen molar-refractivity contribution in [2.45, 2.75) is 33.4 Å². The SMILES string of the molecule is Cc1ccccc1-c1c2ccc(CC(C)(C)C(F)(F)F)cc2nc[n+]1C. The van der Waals surface area contributed by atoms with Gasteiger partial charge in [-0.05, 0) is 41.6 Å². The Morgan fingerprint density at radius 2 is 1.73 bits per heavy atom. The third kappa shape index (κ3) is 3.30. The van der Waals surface area contributed by atoms with Crippen molar-refractivity contribution in [1.82, 2.24) is 4.98 Å². The number of hydrogen-bond donors (Lipinski definition) is 0. The van der Waals surface area contributed by atoms with Gasteiger partial charge in [0, 0.05) is 5.56 Å². The average molecular weight is 359 g/mol. The van der Waals surface area contributed by atoms with E-state index in [-0.39, 0.29) is 6.42 Å². The van der Waals surface area contributed by atoms with Gasteiger partial charge < -0.3 is 0 Å². The van der Waals surface area contributed by atoms with Gasteiger partial charge in [-0.25, -0.2) is 4.57 Å².